The average molecular weight is 548 g/mol. The number of piperidine rings is 2. The van der Waals surface area contributed by atoms with E-state index in [1.54, 1.807) is 12.3 Å². The maximum atomic E-state index is 13.7. The van der Waals surface area contributed by atoms with E-state index in [2.05, 4.69) is 0 Å². The highest BCUT2D eigenvalue weighted by Crippen LogP contribution is 2.31. The minimum atomic E-state index is -1.10. The van der Waals surface area contributed by atoms with Crippen LogP contribution < -0.4 is 5.56 Å². The molecule has 3 aliphatic rings. The molecule has 1 aromatic heterocycles. The van der Waals surface area contributed by atoms with Gasteiger partial charge in [-0.25, -0.2) is 0 Å². The Morgan fingerprint density at radius 1 is 0.925 bits per heavy atom. The van der Waals surface area contributed by atoms with E-state index in [4.69, 9.17) is 0 Å². The number of amides is 2. The fraction of sp³-hybridized carbons (Fsp3) is 0.606. The van der Waals surface area contributed by atoms with Gasteiger partial charge in [0.15, 0.2) is 0 Å². The number of aromatic nitrogens is 1. The highest BCUT2D eigenvalue weighted by Gasteiger charge is 2.36. The monoisotopic (exact) mass is 547 g/mol. The number of aliphatic hydroxyl groups is 1. The van der Waals surface area contributed by atoms with Crippen LogP contribution in [0.25, 0.3) is 11.1 Å². The molecule has 7 nitrogen and oxygen atoms in total. The summed E-state index contributed by atoms with van der Waals surface area (Å²) < 4.78 is 1.51. The second-order valence-electron chi connectivity index (χ2n) is 12.5. The van der Waals surface area contributed by atoms with Crippen LogP contribution >= 0.6 is 0 Å². The van der Waals surface area contributed by atoms with Crippen LogP contribution in [0, 0.1) is 11.8 Å². The second-order valence-corrected chi connectivity index (χ2v) is 12.5. The molecule has 2 aromatic rings. The third kappa shape index (κ3) is 6.68. The first-order valence-corrected chi connectivity index (χ1v) is 15.4. The zero-order valence-electron chi connectivity index (χ0n) is 24.0. The lowest BCUT2D eigenvalue weighted by molar-refractivity contribution is -0.140. The van der Waals surface area contributed by atoms with E-state index in [0.29, 0.717) is 43.0 Å². The van der Waals surface area contributed by atoms with Gasteiger partial charge in [-0.2, -0.15) is 0 Å². The van der Waals surface area contributed by atoms with Crippen molar-refractivity contribution in [3.63, 3.8) is 0 Å². The number of carbonyl (C=O) groups excluding carboxylic acids is 2. The highest BCUT2D eigenvalue weighted by molar-refractivity contribution is 6.00. The van der Waals surface area contributed by atoms with Gasteiger partial charge >= 0.3 is 0 Å². The molecule has 0 spiro atoms. The van der Waals surface area contributed by atoms with Gasteiger partial charge in [0.2, 0.25) is 5.91 Å². The van der Waals surface area contributed by atoms with Gasteiger partial charge in [-0.15, -0.1) is 0 Å². The number of rotatable bonds is 7. The number of hydrogen-bond acceptors (Lipinski definition) is 4. The topological polar surface area (TPSA) is 82.8 Å². The Morgan fingerprint density at radius 2 is 1.57 bits per heavy atom. The Bertz CT molecular complexity index is 1220. The van der Waals surface area contributed by atoms with Crippen molar-refractivity contribution in [1.82, 2.24) is 14.4 Å². The number of carbonyl (C=O) groups is 2. The molecule has 7 heteroatoms. The van der Waals surface area contributed by atoms with Gasteiger partial charge in [0.05, 0.1) is 17.7 Å². The first-order valence-electron chi connectivity index (χ1n) is 15.4. The van der Waals surface area contributed by atoms with Crippen molar-refractivity contribution in [3.05, 3.63) is 58.5 Å². The number of likely N-dealkylation sites (tertiary alicyclic amines) is 2. The van der Waals surface area contributed by atoms with Crippen molar-refractivity contribution in [3.8, 4) is 11.1 Å². The first kappa shape index (κ1) is 28.6. The Kier molecular flexibility index (Phi) is 9.09. The normalized spacial score (nSPS) is 20.8. The third-order valence-electron chi connectivity index (χ3n) is 9.39. The average Bonchev–Trinajstić information content (AvgIpc) is 2.99. The number of nitrogens with zero attached hydrogens (tertiary/aromatic N) is 3. The highest BCUT2D eigenvalue weighted by atomic mass is 16.3. The Balaban J connectivity index is 1.30. The van der Waals surface area contributed by atoms with Crippen LogP contribution in [0.2, 0.25) is 0 Å². The summed E-state index contributed by atoms with van der Waals surface area (Å²) in [5.41, 5.74) is 0.631. The van der Waals surface area contributed by atoms with Crippen LogP contribution in [0.15, 0.2) is 47.4 Å². The Morgan fingerprint density at radius 3 is 2.25 bits per heavy atom. The molecular formula is C33H45N3O4. The third-order valence-corrected chi connectivity index (χ3v) is 9.39. The van der Waals surface area contributed by atoms with Crippen LogP contribution in [0.5, 0.6) is 0 Å². The summed E-state index contributed by atoms with van der Waals surface area (Å²) >= 11 is 0. The summed E-state index contributed by atoms with van der Waals surface area (Å²) in [6, 6.07) is 11.1. The van der Waals surface area contributed by atoms with Crippen LogP contribution in [0.1, 0.15) is 87.9 Å². The maximum absolute atomic E-state index is 13.7. The fourth-order valence-electron chi connectivity index (χ4n) is 6.94. The number of benzene rings is 1. The van der Waals surface area contributed by atoms with Crippen LogP contribution in [0.4, 0.5) is 0 Å². The molecule has 1 atom stereocenters. The molecule has 2 amide bonds. The van der Waals surface area contributed by atoms with E-state index < -0.39 is 5.60 Å². The molecule has 5 rings (SSSR count). The van der Waals surface area contributed by atoms with Crippen molar-refractivity contribution < 1.29 is 14.7 Å². The molecule has 3 fully saturated rings. The maximum Gasteiger partial charge on any atom is 0.255 e. The first-order chi connectivity index (χ1) is 19.3. The van der Waals surface area contributed by atoms with Gasteiger partial charge in [0.25, 0.3) is 11.5 Å². The molecule has 2 aliphatic heterocycles. The molecule has 216 valence electrons. The molecule has 1 saturated carbocycles. The predicted octanol–water partition coefficient (Wildman–Crippen LogP) is 5.10. The van der Waals surface area contributed by atoms with Gasteiger partial charge in [-0.1, -0.05) is 69.4 Å². The molecule has 0 bridgehead atoms. The van der Waals surface area contributed by atoms with E-state index in [9.17, 15) is 19.5 Å². The summed E-state index contributed by atoms with van der Waals surface area (Å²) in [7, 11) is 0. The molecule has 3 heterocycles. The van der Waals surface area contributed by atoms with Gasteiger partial charge in [-0.3, -0.25) is 14.4 Å². The molecule has 0 unspecified atom stereocenters. The molecular weight excluding hydrogens is 502 g/mol. The van der Waals surface area contributed by atoms with Crippen molar-refractivity contribution >= 4 is 11.8 Å². The minimum Gasteiger partial charge on any atom is -0.388 e. The van der Waals surface area contributed by atoms with E-state index in [0.717, 1.165) is 44.3 Å². The summed E-state index contributed by atoms with van der Waals surface area (Å²) in [4.78, 5) is 43.9. The number of hydrogen-bond donors (Lipinski definition) is 1. The summed E-state index contributed by atoms with van der Waals surface area (Å²) in [5, 5.41) is 11.5. The molecule has 40 heavy (non-hydrogen) atoms. The van der Waals surface area contributed by atoms with Crippen molar-refractivity contribution in [2.45, 2.75) is 89.7 Å². The van der Waals surface area contributed by atoms with E-state index in [1.165, 1.54) is 36.7 Å². The lowest BCUT2D eigenvalue weighted by atomic mass is 9.82. The SMILES string of the molecule is C[C@H](CC1CCCCC1)C(=O)N1CCC(O)(Cn2cc(C(=O)N3CCCCC3)c(-c3ccccc3)cc2=O)CC1. The predicted molar refractivity (Wildman–Crippen MR) is 157 cm³/mol. The van der Waals surface area contributed by atoms with Gasteiger partial charge < -0.3 is 19.5 Å². The van der Waals surface area contributed by atoms with Crippen LogP contribution in [-0.2, 0) is 11.3 Å². The lowest BCUT2D eigenvalue weighted by Crippen LogP contribution is -2.50. The van der Waals surface area contributed by atoms with Crippen LogP contribution in [-0.4, -0.2) is 63.1 Å². The Hall–Kier alpha value is -2.93. The smallest absolute Gasteiger partial charge is 0.255 e. The minimum absolute atomic E-state index is 0.00537. The van der Waals surface area contributed by atoms with Crippen molar-refractivity contribution in [2.24, 2.45) is 11.8 Å². The summed E-state index contributed by atoms with van der Waals surface area (Å²) in [6.07, 6.45) is 12.9. The molecule has 2 saturated heterocycles. The van der Waals surface area contributed by atoms with Crippen molar-refractivity contribution in [1.29, 1.82) is 0 Å². The van der Waals surface area contributed by atoms with Crippen molar-refractivity contribution in [2.75, 3.05) is 26.2 Å². The Labute approximate surface area is 238 Å². The summed E-state index contributed by atoms with van der Waals surface area (Å²) in [5.74, 6) is 0.783. The largest absolute Gasteiger partial charge is 0.388 e. The van der Waals surface area contributed by atoms with Gasteiger partial charge in [0, 0.05) is 49.9 Å². The van der Waals surface area contributed by atoms with E-state index in [-0.39, 0.29) is 29.8 Å². The zero-order valence-corrected chi connectivity index (χ0v) is 24.0. The standard InChI is InChI=1S/C33H45N3O4/c1-25(21-26-11-5-2-6-12-26)31(38)35-19-15-33(40,16-20-35)24-36-23-29(32(39)34-17-9-4-10-18-34)28(22-30(36)37)27-13-7-3-8-14-27/h3,7-8,13-14,22-23,25-26,40H,2,4-6,9-12,15-21,24H2,1H3/t25-/m1/s1. The van der Waals surface area contributed by atoms with Gasteiger partial charge in [-0.05, 0) is 50.0 Å². The fourth-order valence-corrected chi connectivity index (χ4v) is 6.94. The molecule has 1 aromatic carbocycles. The zero-order chi connectivity index (χ0) is 28.1. The van der Waals surface area contributed by atoms with E-state index in [1.807, 2.05) is 47.1 Å². The molecule has 1 N–H and O–H groups in total. The second kappa shape index (κ2) is 12.7. The van der Waals surface area contributed by atoms with E-state index >= 15 is 0 Å². The number of pyridine rings is 1. The molecule has 0 radical (unpaired) electrons. The lowest BCUT2D eigenvalue weighted by Gasteiger charge is -2.39. The molecule has 1 aliphatic carbocycles. The summed E-state index contributed by atoms with van der Waals surface area (Å²) in [6.45, 7) is 4.58. The van der Waals surface area contributed by atoms with Gasteiger partial charge in [0.1, 0.15) is 0 Å². The quantitative estimate of drug-likeness (QED) is 0.523. The van der Waals surface area contributed by atoms with Crippen LogP contribution in [0.3, 0.4) is 0 Å².